The average Bonchev–Trinajstić information content (AvgIpc) is 2.38. The van der Waals surface area contributed by atoms with E-state index in [0.29, 0.717) is 42.8 Å². The number of hydrogen-bond acceptors (Lipinski definition) is 4. The Kier molecular flexibility index (Phi) is 5.66. The molecule has 0 spiro atoms. The number of nitrogen functional groups attached to an aromatic ring is 1. The Balaban J connectivity index is 2.43. The lowest BCUT2D eigenvalue weighted by atomic mass is 10.1. The fourth-order valence-corrected chi connectivity index (χ4v) is 1.58. The minimum absolute atomic E-state index is 0.197. The van der Waals surface area contributed by atoms with Gasteiger partial charge in [0.2, 0.25) is 5.91 Å². The summed E-state index contributed by atoms with van der Waals surface area (Å²) in [5, 5.41) is 2.76. The number of unbranched alkanes of at least 4 members (excludes halogenated alkanes) is 1. The zero-order valence-corrected chi connectivity index (χ0v) is 10.9. The third-order valence-electron chi connectivity index (χ3n) is 2.63. The molecule has 1 rings (SSSR count). The van der Waals surface area contributed by atoms with E-state index in [1.807, 2.05) is 0 Å². The SMILES string of the molecule is COc1cc(C(=O)NCCCCC(N)=O)ccc1N. The molecule has 6 nitrogen and oxygen atoms in total. The molecule has 0 aliphatic rings. The van der Waals surface area contributed by atoms with Crippen molar-refractivity contribution in [2.75, 3.05) is 19.4 Å². The lowest BCUT2D eigenvalue weighted by molar-refractivity contribution is -0.118. The maximum atomic E-state index is 11.8. The number of amides is 2. The third kappa shape index (κ3) is 4.87. The summed E-state index contributed by atoms with van der Waals surface area (Å²) in [4.78, 5) is 22.4. The van der Waals surface area contributed by atoms with Crippen LogP contribution in [0.1, 0.15) is 29.6 Å². The van der Waals surface area contributed by atoms with Crippen molar-refractivity contribution in [2.24, 2.45) is 5.73 Å². The molecule has 6 heteroatoms. The van der Waals surface area contributed by atoms with Crippen LogP contribution in [0.2, 0.25) is 0 Å². The van der Waals surface area contributed by atoms with Crippen LogP contribution in [0.5, 0.6) is 5.75 Å². The molecule has 0 aliphatic carbocycles. The number of methoxy groups -OCH3 is 1. The smallest absolute Gasteiger partial charge is 0.251 e. The van der Waals surface area contributed by atoms with Gasteiger partial charge in [0, 0.05) is 18.5 Å². The Labute approximate surface area is 112 Å². The van der Waals surface area contributed by atoms with Gasteiger partial charge in [0.05, 0.1) is 12.8 Å². The van der Waals surface area contributed by atoms with E-state index in [-0.39, 0.29) is 11.8 Å². The second kappa shape index (κ2) is 7.25. The van der Waals surface area contributed by atoms with E-state index in [9.17, 15) is 9.59 Å². The van der Waals surface area contributed by atoms with Crippen LogP contribution in [0.4, 0.5) is 5.69 Å². The number of nitrogens with one attached hydrogen (secondary N) is 1. The minimum Gasteiger partial charge on any atom is -0.495 e. The summed E-state index contributed by atoms with van der Waals surface area (Å²) in [6.07, 6.45) is 1.72. The van der Waals surface area contributed by atoms with E-state index in [2.05, 4.69) is 5.32 Å². The molecule has 0 unspecified atom stereocenters. The lowest BCUT2D eigenvalue weighted by Crippen LogP contribution is -2.24. The molecule has 0 fully saturated rings. The van der Waals surface area contributed by atoms with Crippen LogP contribution in [-0.4, -0.2) is 25.5 Å². The topological polar surface area (TPSA) is 107 Å². The summed E-state index contributed by atoms with van der Waals surface area (Å²) in [6.45, 7) is 0.499. The van der Waals surface area contributed by atoms with Crippen LogP contribution in [0.3, 0.4) is 0 Å². The van der Waals surface area contributed by atoms with Gasteiger partial charge in [-0.15, -0.1) is 0 Å². The van der Waals surface area contributed by atoms with Crippen molar-refractivity contribution in [1.82, 2.24) is 5.32 Å². The van der Waals surface area contributed by atoms with E-state index in [0.717, 1.165) is 0 Å². The average molecular weight is 265 g/mol. The zero-order valence-electron chi connectivity index (χ0n) is 10.9. The molecule has 19 heavy (non-hydrogen) atoms. The molecule has 104 valence electrons. The van der Waals surface area contributed by atoms with Crippen LogP contribution in [0.25, 0.3) is 0 Å². The maximum absolute atomic E-state index is 11.8. The van der Waals surface area contributed by atoms with E-state index in [1.165, 1.54) is 7.11 Å². The van der Waals surface area contributed by atoms with Crippen molar-refractivity contribution in [3.63, 3.8) is 0 Å². The molecule has 0 aliphatic heterocycles. The molecule has 0 radical (unpaired) electrons. The largest absolute Gasteiger partial charge is 0.495 e. The second-order valence-corrected chi connectivity index (χ2v) is 4.14. The number of ether oxygens (including phenoxy) is 1. The number of benzene rings is 1. The van der Waals surface area contributed by atoms with Crippen LogP contribution >= 0.6 is 0 Å². The maximum Gasteiger partial charge on any atom is 0.251 e. The normalized spacial score (nSPS) is 9.95. The van der Waals surface area contributed by atoms with Crippen LogP contribution in [0, 0.1) is 0 Å². The van der Waals surface area contributed by atoms with Gasteiger partial charge in [-0.25, -0.2) is 0 Å². The molecule has 0 bridgehead atoms. The molecule has 1 aromatic rings. The monoisotopic (exact) mass is 265 g/mol. The molecule has 2 amide bonds. The number of primary amides is 1. The summed E-state index contributed by atoms with van der Waals surface area (Å²) in [7, 11) is 1.50. The molecular formula is C13H19N3O3. The highest BCUT2D eigenvalue weighted by Gasteiger charge is 2.08. The number of carbonyl (C=O) groups excluding carboxylic acids is 2. The first-order valence-electron chi connectivity index (χ1n) is 6.04. The van der Waals surface area contributed by atoms with Gasteiger partial charge in [-0.3, -0.25) is 9.59 Å². The van der Waals surface area contributed by atoms with E-state index >= 15 is 0 Å². The second-order valence-electron chi connectivity index (χ2n) is 4.14. The van der Waals surface area contributed by atoms with E-state index in [1.54, 1.807) is 18.2 Å². The quantitative estimate of drug-likeness (QED) is 0.497. The molecule has 1 aromatic carbocycles. The summed E-state index contributed by atoms with van der Waals surface area (Å²) in [5.41, 5.74) is 11.7. The highest BCUT2D eigenvalue weighted by Crippen LogP contribution is 2.21. The van der Waals surface area contributed by atoms with Crippen molar-refractivity contribution in [3.05, 3.63) is 23.8 Å². The van der Waals surface area contributed by atoms with Gasteiger partial charge in [0.15, 0.2) is 0 Å². The zero-order chi connectivity index (χ0) is 14.3. The molecule has 0 aromatic heterocycles. The minimum atomic E-state index is -0.324. The standard InChI is InChI=1S/C13H19N3O3/c1-19-11-8-9(5-6-10(11)14)13(18)16-7-3-2-4-12(15)17/h5-6,8H,2-4,7,14H2,1H3,(H2,15,17)(H,16,18). The first kappa shape index (κ1) is 14.8. The fourth-order valence-electron chi connectivity index (χ4n) is 1.58. The number of carbonyl (C=O) groups is 2. The lowest BCUT2D eigenvalue weighted by Gasteiger charge is -2.08. The summed E-state index contributed by atoms with van der Waals surface area (Å²) < 4.78 is 5.05. The summed E-state index contributed by atoms with van der Waals surface area (Å²) in [6, 6.07) is 4.85. The first-order chi connectivity index (χ1) is 9.04. The number of anilines is 1. The highest BCUT2D eigenvalue weighted by molar-refractivity contribution is 5.95. The van der Waals surface area contributed by atoms with Crippen LogP contribution in [-0.2, 0) is 4.79 Å². The van der Waals surface area contributed by atoms with Gasteiger partial charge in [-0.1, -0.05) is 0 Å². The first-order valence-corrected chi connectivity index (χ1v) is 6.04. The Bertz CT molecular complexity index is 460. The van der Waals surface area contributed by atoms with Crippen molar-refractivity contribution >= 4 is 17.5 Å². The summed E-state index contributed by atoms with van der Waals surface area (Å²) >= 11 is 0. The van der Waals surface area contributed by atoms with Crippen molar-refractivity contribution in [3.8, 4) is 5.75 Å². The van der Waals surface area contributed by atoms with Gasteiger partial charge in [-0.05, 0) is 31.0 Å². The van der Waals surface area contributed by atoms with Crippen molar-refractivity contribution in [2.45, 2.75) is 19.3 Å². The van der Waals surface area contributed by atoms with Gasteiger partial charge in [0.25, 0.3) is 5.91 Å². The molecular weight excluding hydrogens is 246 g/mol. The molecule has 0 atom stereocenters. The predicted octanol–water partition coefficient (Wildman–Crippen LogP) is 0.663. The predicted molar refractivity (Wildman–Crippen MR) is 72.8 cm³/mol. The number of nitrogens with two attached hydrogens (primary N) is 2. The van der Waals surface area contributed by atoms with Crippen molar-refractivity contribution < 1.29 is 14.3 Å². The molecule has 0 heterocycles. The van der Waals surface area contributed by atoms with Gasteiger partial charge in [0.1, 0.15) is 5.75 Å². The van der Waals surface area contributed by atoms with Gasteiger partial charge >= 0.3 is 0 Å². The Morgan fingerprint density at radius 2 is 2.05 bits per heavy atom. The summed E-state index contributed by atoms with van der Waals surface area (Å²) in [5.74, 6) is -0.0478. The Hall–Kier alpha value is -2.24. The highest BCUT2D eigenvalue weighted by atomic mass is 16.5. The van der Waals surface area contributed by atoms with Crippen molar-refractivity contribution in [1.29, 1.82) is 0 Å². The van der Waals surface area contributed by atoms with Gasteiger partial charge < -0.3 is 21.5 Å². The van der Waals surface area contributed by atoms with E-state index in [4.69, 9.17) is 16.2 Å². The number of rotatable bonds is 7. The number of hydrogen-bond donors (Lipinski definition) is 3. The fraction of sp³-hybridized carbons (Fsp3) is 0.385. The third-order valence-corrected chi connectivity index (χ3v) is 2.63. The molecule has 0 saturated heterocycles. The molecule has 5 N–H and O–H groups in total. The van der Waals surface area contributed by atoms with E-state index < -0.39 is 0 Å². The van der Waals surface area contributed by atoms with Crippen LogP contribution < -0.4 is 21.5 Å². The Morgan fingerprint density at radius 3 is 2.68 bits per heavy atom. The Morgan fingerprint density at radius 1 is 1.32 bits per heavy atom. The molecule has 0 saturated carbocycles. The van der Waals surface area contributed by atoms with Crippen LogP contribution in [0.15, 0.2) is 18.2 Å². The van der Waals surface area contributed by atoms with Gasteiger partial charge in [-0.2, -0.15) is 0 Å².